The lowest BCUT2D eigenvalue weighted by atomic mass is 10.0. The predicted molar refractivity (Wildman–Crippen MR) is 132 cm³/mol. The molecule has 0 saturated heterocycles. The van der Waals surface area contributed by atoms with Gasteiger partial charge >= 0.3 is 5.97 Å². The molecule has 0 aliphatic carbocycles. The zero-order chi connectivity index (χ0) is 23.9. The fourth-order valence-corrected chi connectivity index (χ4v) is 3.17. The Bertz CT molecular complexity index is 953. The predicted octanol–water partition coefficient (Wildman–Crippen LogP) is 6.60. The number of allylic oxidation sites excluding steroid dienone is 1. The number of ether oxygens (including phenoxy) is 3. The second-order valence-electron chi connectivity index (χ2n) is 7.85. The molecule has 0 aliphatic rings. The van der Waals surface area contributed by atoms with E-state index in [4.69, 9.17) is 14.2 Å². The Morgan fingerprint density at radius 2 is 1.48 bits per heavy atom. The first-order valence-electron chi connectivity index (χ1n) is 11.3. The Balaban J connectivity index is 1.65. The molecule has 0 radical (unpaired) electrons. The van der Waals surface area contributed by atoms with Gasteiger partial charge in [0.2, 0.25) is 0 Å². The molecule has 33 heavy (non-hydrogen) atoms. The summed E-state index contributed by atoms with van der Waals surface area (Å²) < 4.78 is 16.1. The highest BCUT2D eigenvalue weighted by molar-refractivity contribution is 5.89. The fourth-order valence-electron chi connectivity index (χ4n) is 3.17. The topological polar surface area (TPSA) is 68.5 Å². The van der Waals surface area contributed by atoms with Crippen LogP contribution in [-0.2, 0) is 9.53 Å². The van der Waals surface area contributed by atoms with Gasteiger partial charge in [0, 0.05) is 5.57 Å². The summed E-state index contributed by atoms with van der Waals surface area (Å²) in [5.74, 6) is 1.28. The smallest absolute Gasteiger partial charge is 0.333 e. The second-order valence-corrected chi connectivity index (χ2v) is 7.85. The molecule has 0 bridgehead atoms. The first-order valence-corrected chi connectivity index (χ1v) is 11.3. The van der Waals surface area contributed by atoms with Crippen LogP contribution in [-0.4, -0.2) is 26.3 Å². The molecular weight excluding hydrogens is 414 g/mol. The molecule has 174 valence electrons. The number of carbonyl (C=O) groups is 1. The van der Waals surface area contributed by atoms with Crippen LogP contribution in [0.25, 0.3) is 11.6 Å². The van der Waals surface area contributed by atoms with Crippen LogP contribution in [0.2, 0.25) is 0 Å². The van der Waals surface area contributed by atoms with Gasteiger partial charge in [-0.3, -0.25) is 0 Å². The van der Waals surface area contributed by atoms with Crippen molar-refractivity contribution in [2.75, 3.05) is 20.3 Å². The normalized spacial score (nSPS) is 10.9. The van der Waals surface area contributed by atoms with Crippen molar-refractivity contribution in [2.24, 2.45) is 0 Å². The van der Waals surface area contributed by atoms with Crippen molar-refractivity contribution in [3.63, 3.8) is 0 Å². The molecule has 0 aliphatic heterocycles. The summed E-state index contributed by atoms with van der Waals surface area (Å²) in [6, 6.07) is 17.5. The van der Waals surface area contributed by atoms with E-state index in [0.29, 0.717) is 24.4 Å². The molecule has 0 N–H and O–H groups in total. The Kier molecular flexibility index (Phi) is 11.3. The minimum atomic E-state index is -0.307. The molecule has 0 amide bonds. The Morgan fingerprint density at radius 1 is 0.909 bits per heavy atom. The average Bonchev–Trinajstić information content (AvgIpc) is 2.84. The van der Waals surface area contributed by atoms with Gasteiger partial charge in [-0.1, -0.05) is 44.4 Å². The van der Waals surface area contributed by atoms with E-state index in [-0.39, 0.29) is 5.97 Å². The third-order valence-electron chi connectivity index (χ3n) is 5.10. The van der Waals surface area contributed by atoms with Crippen molar-refractivity contribution in [1.29, 1.82) is 5.26 Å². The van der Waals surface area contributed by atoms with E-state index in [1.54, 1.807) is 14.0 Å². The first kappa shape index (κ1) is 25.7. The number of rotatable bonds is 14. The molecule has 0 atom stereocenters. The molecule has 0 saturated carbocycles. The largest absolute Gasteiger partial charge is 0.497 e. The van der Waals surface area contributed by atoms with E-state index in [1.165, 1.54) is 0 Å². The summed E-state index contributed by atoms with van der Waals surface area (Å²) in [6.07, 6.45) is 8.20. The van der Waals surface area contributed by atoms with Crippen LogP contribution in [0, 0.1) is 11.3 Å². The summed E-state index contributed by atoms with van der Waals surface area (Å²) in [5.41, 5.74) is 2.84. The Morgan fingerprint density at radius 3 is 2.06 bits per heavy atom. The van der Waals surface area contributed by atoms with Gasteiger partial charge < -0.3 is 14.2 Å². The van der Waals surface area contributed by atoms with Crippen LogP contribution in [0.3, 0.4) is 0 Å². The highest BCUT2D eigenvalue weighted by atomic mass is 16.5. The van der Waals surface area contributed by atoms with Gasteiger partial charge in [0.1, 0.15) is 11.5 Å². The lowest BCUT2D eigenvalue weighted by molar-refractivity contribution is -0.139. The van der Waals surface area contributed by atoms with Crippen LogP contribution in [0.5, 0.6) is 11.5 Å². The number of hydrogen-bond donors (Lipinski definition) is 0. The van der Waals surface area contributed by atoms with E-state index in [0.717, 1.165) is 61.2 Å². The van der Waals surface area contributed by atoms with Gasteiger partial charge in [0.15, 0.2) is 0 Å². The third kappa shape index (κ3) is 9.65. The summed E-state index contributed by atoms with van der Waals surface area (Å²) in [6.45, 7) is 6.37. The van der Waals surface area contributed by atoms with E-state index in [2.05, 4.69) is 12.6 Å². The molecule has 2 rings (SSSR count). The number of nitrogens with zero attached hydrogens (tertiary/aromatic N) is 1. The molecule has 0 heterocycles. The van der Waals surface area contributed by atoms with E-state index < -0.39 is 0 Å². The van der Waals surface area contributed by atoms with Gasteiger partial charge in [-0.25, -0.2) is 4.79 Å². The SMILES string of the molecule is C=C(C)C(=O)OCCCCCCCCOc1ccc(/C=C(\C#N)c2ccc(OC)cc2)cc1. The molecule has 2 aromatic carbocycles. The van der Waals surface area contributed by atoms with Gasteiger partial charge in [-0.05, 0) is 73.4 Å². The van der Waals surface area contributed by atoms with Crippen molar-refractivity contribution in [2.45, 2.75) is 45.4 Å². The number of unbranched alkanes of at least 4 members (excludes halogenated alkanes) is 5. The van der Waals surface area contributed by atoms with Crippen LogP contribution >= 0.6 is 0 Å². The second kappa shape index (κ2) is 14.5. The highest BCUT2D eigenvalue weighted by Gasteiger charge is 2.03. The van der Waals surface area contributed by atoms with Crippen molar-refractivity contribution in [3.8, 4) is 17.6 Å². The maximum atomic E-state index is 11.3. The molecule has 0 fully saturated rings. The van der Waals surface area contributed by atoms with Crippen LogP contribution in [0.15, 0.2) is 60.7 Å². The van der Waals surface area contributed by atoms with E-state index in [1.807, 2.05) is 54.6 Å². The summed E-state index contributed by atoms with van der Waals surface area (Å²) in [4.78, 5) is 11.3. The minimum Gasteiger partial charge on any atom is -0.497 e. The van der Waals surface area contributed by atoms with Crippen molar-refractivity contribution < 1.29 is 19.0 Å². The summed E-state index contributed by atoms with van der Waals surface area (Å²) in [7, 11) is 1.62. The van der Waals surface area contributed by atoms with Gasteiger partial charge in [-0.2, -0.15) is 5.26 Å². The molecule has 0 aromatic heterocycles. The Labute approximate surface area is 197 Å². The van der Waals surface area contributed by atoms with Gasteiger partial charge in [0.05, 0.1) is 32.0 Å². The van der Waals surface area contributed by atoms with E-state index >= 15 is 0 Å². The molecular formula is C28H33NO4. The molecule has 0 unspecified atom stereocenters. The average molecular weight is 448 g/mol. The summed E-state index contributed by atoms with van der Waals surface area (Å²) in [5, 5.41) is 9.51. The fraction of sp³-hybridized carbons (Fsp3) is 0.357. The quantitative estimate of drug-likeness (QED) is 0.107. The number of carbonyl (C=O) groups excluding carboxylic acids is 1. The molecule has 5 nitrogen and oxygen atoms in total. The minimum absolute atomic E-state index is 0.307. The lowest BCUT2D eigenvalue weighted by Crippen LogP contribution is -2.06. The highest BCUT2D eigenvalue weighted by Crippen LogP contribution is 2.22. The van der Waals surface area contributed by atoms with Crippen LogP contribution in [0.4, 0.5) is 0 Å². The monoisotopic (exact) mass is 447 g/mol. The number of esters is 1. The number of methoxy groups -OCH3 is 1. The standard InChI is InChI=1S/C28H33NO4/c1-22(2)28(30)33-19-9-7-5-4-6-8-18-32-27-14-10-23(11-15-27)20-25(21-29)24-12-16-26(31-3)17-13-24/h10-17,20H,1,4-9,18-19H2,2-3H3/b25-20+. The molecule has 5 heteroatoms. The zero-order valence-electron chi connectivity index (χ0n) is 19.6. The van der Waals surface area contributed by atoms with Gasteiger partial charge in [-0.15, -0.1) is 0 Å². The van der Waals surface area contributed by atoms with Crippen molar-refractivity contribution >= 4 is 17.6 Å². The Hall–Kier alpha value is -3.52. The van der Waals surface area contributed by atoms with Crippen LogP contribution in [0.1, 0.15) is 56.6 Å². The number of benzene rings is 2. The zero-order valence-corrected chi connectivity index (χ0v) is 19.6. The first-order chi connectivity index (χ1) is 16.0. The number of nitriles is 1. The van der Waals surface area contributed by atoms with Crippen molar-refractivity contribution in [1.82, 2.24) is 0 Å². The molecule has 0 spiro atoms. The van der Waals surface area contributed by atoms with Gasteiger partial charge in [0.25, 0.3) is 0 Å². The third-order valence-corrected chi connectivity index (χ3v) is 5.10. The maximum Gasteiger partial charge on any atom is 0.333 e. The molecule has 2 aromatic rings. The van der Waals surface area contributed by atoms with Crippen LogP contribution < -0.4 is 9.47 Å². The van der Waals surface area contributed by atoms with Crippen molar-refractivity contribution in [3.05, 3.63) is 71.8 Å². The maximum absolute atomic E-state index is 11.3. The number of hydrogen-bond acceptors (Lipinski definition) is 5. The summed E-state index contributed by atoms with van der Waals surface area (Å²) >= 11 is 0. The lowest BCUT2D eigenvalue weighted by Gasteiger charge is -2.07. The van der Waals surface area contributed by atoms with E-state index in [9.17, 15) is 10.1 Å².